The number of hydrogen-bond acceptors (Lipinski definition) is 5. The van der Waals surface area contributed by atoms with E-state index in [9.17, 15) is 10.2 Å². The molecule has 4 fully saturated rings. The van der Waals surface area contributed by atoms with E-state index in [0.29, 0.717) is 13.2 Å². The number of aliphatic hydroxyl groups is 2. The zero-order valence-electron chi connectivity index (χ0n) is 13.2. The molecule has 22 heavy (non-hydrogen) atoms. The van der Waals surface area contributed by atoms with Gasteiger partial charge in [-0.1, -0.05) is 22.9 Å². The Morgan fingerprint density at radius 1 is 1.18 bits per heavy atom. The van der Waals surface area contributed by atoms with Crippen LogP contribution in [-0.4, -0.2) is 57.5 Å². The van der Waals surface area contributed by atoms with Gasteiger partial charge in [-0.3, -0.25) is 0 Å². The normalized spacial score (nSPS) is 56.3. The summed E-state index contributed by atoms with van der Waals surface area (Å²) in [4.78, 5) is 0. The van der Waals surface area contributed by atoms with Crippen molar-refractivity contribution in [2.75, 3.05) is 19.8 Å². The van der Waals surface area contributed by atoms with Crippen molar-refractivity contribution in [1.82, 2.24) is 0 Å². The number of fused-ring (bicyclic) bond motifs is 1. The Morgan fingerprint density at radius 2 is 1.82 bits per heavy atom. The molecule has 0 aromatic heterocycles. The monoisotopic (exact) mass is 376 g/mol. The third-order valence-electron chi connectivity index (χ3n) is 6.89. The maximum absolute atomic E-state index is 11.2. The van der Waals surface area contributed by atoms with E-state index in [4.69, 9.17) is 14.2 Å². The van der Waals surface area contributed by atoms with Gasteiger partial charge in [0.1, 0.15) is 17.3 Å². The summed E-state index contributed by atoms with van der Waals surface area (Å²) in [6.07, 6.45) is 2.88. The molecule has 2 saturated carbocycles. The van der Waals surface area contributed by atoms with Crippen molar-refractivity contribution < 1.29 is 24.4 Å². The molecule has 2 heterocycles. The second kappa shape index (κ2) is 4.67. The van der Waals surface area contributed by atoms with Crippen LogP contribution in [0.15, 0.2) is 0 Å². The van der Waals surface area contributed by atoms with E-state index in [1.165, 1.54) is 0 Å². The number of halogens is 1. The smallest absolute Gasteiger partial charge is 0.173 e. The van der Waals surface area contributed by atoms with Crippen LogP contribution in [0.1, 0.15) is 39.5 Å². The van der Waals surface area contributed by atoms with Crippen LogP contribution >= 0.6 is 15.9 Å². The van der Waals surface area contributed by atoms with Crippen molar-refractivity contribution >= 4 is 15.9 Å². The Hall–Kier alpha value is 0.280. The van der Waals surface area contributed by atoms with Gasteiger partial charge in [-0.2, -0.15) is 0 Å². The zero-order valence-corrected chi connectivity index (χ0v) is 14.8. The molecule has 2 saturated heterocycles. The van der Waals surface area contributed by atoms with E-state index in [1.807, 2.05) is 6.92 Å². The molecule has 126 valence electrons. The van der Waals surface area contributed by atoms with Crippen molar-refractivity contribution in [3.8, 4) is 0 Å². The van der Waals surface area contributed by atoms with Crippen molar-refractivity contribution in [3.63, 3.8) is 0 Å². The fraction of sp³-hybridized carbons (Fsp3) is 1.00. The first-order chi connectivity index (χ1) is 10.3. The van der Waals surface area contributed by atoms with Gasteiger partial charge in [-0.15, -0.1) is 0 Å². The van der Waals surface area contributed by atoms with E-state index in [-0.39, 0.29) is 18.4 Å². The van der Waals surface area contributed by atoms with Gasteiger partial charge in [0.25, 0.3) is 0 Å². The van der Waals surface area contributed by atoms with E-state index in [2.05, 4.69) is 22.9 Å². The maximum atomic E-state index is 11.2. The number of aliphatic hydroxyl groups excluding tert-OH is 2. The fourth-order valence-electron chi connectivity index (χ4n) is 5.51. The summed E-state index contributed by atoms with van der Waals surface area (Å²) in [7, 11) is 0. The molecule has 4 rings (SSSR count). The lowest BCUT2D eigenvalue weighted by Gasteiger charge is -2.56. The molecule has 0 aromatic carbocycles. The predicted molar refractivity (Wildman–Crippen MR) is 82.7 cm³/mol. The number of rotatable bonds is 1. The summed E-state index contributed by atoms with van der Waals surface area (Å²) in [5, 5.41) is 21.2. The van der Waals surface area contributed by atoms with Crippen LogP contribution in [0.3, 0.4) is 0 Å². The topological polar surface area (TPSA) is 68.2 Å². The lowest BCUT2D eigenvalue weighted by atomic mass is 9.57. The van der Waals surface area contributed by atoms with Crippen LogP contribution in [0.4, 0.5) is 0 Å². The average molecular weight is 377 g/mol. The Bertz CT molecular complexity index is 481. The van der Waals surface area contributed by atoms with Crippen LogP contribution in [-0.2, 0) is 14.2 Å². The summed E-state index contributed by atoms with van der Waals surface area (Å²) in [6.45, 7) is 5.04. The van der Waals surface area contributed by atoms with E-state index < -0.39 is 27.4 Å². The quantitative estimate of drug-likeness (QED) is 0.680. The largest absolute Gasteiger partial charge is 0.393 e. The molecule has 2 bridgehead atoms. The highest BCUT2D eigenvalue weighted by molar-refractivity contribution is 9.10. The number of alkyl halides is 1. The summed E-state index contributed by atoms with van der Waals surface area (Å²) in [5.74, 6) is -0.458. The van der Waals surface area contributed by atoms with Gasteiger partial charge in [0.05, 0.1) is 24.1 Å². The molecule has 0 aromatic rings. The first-order valence-electron chi connectivity index (χ1n) is 8.31. The van der Waals surface area contributed by atoms with Crippen LogP contribution in [0.25, 0.3) is 0 Å². The fourth-order valence-corrected chi connectivity index (χ4v) is 6.30. The second-order valence-corrected chi connectivity index (χ2v) is 9.03. The van der Waals surface area contributed by atoms with Crippen molar-refractivity contribution in [2.24, 2.45) is 11.8 Å². The molecular formula is C16H25BrO5. The average Bonchev–Trinajstić information content (AvgIpc) is 3.01. The second-order valence-electron chi connectivity index (χ2n) is 7.61. The van der Waals surface area contributed by atoms with E-state index in [0.717, 1.165) is 25.7 Å². The predicted octanol–water partition coefficient (Wildman–Crippen LogP) is 1.58. The molecule has 2 N–H and O–H groups in total. The van der Waals surface area contributed by atoms with Crippen molar-refractivity contribution in [1.29, 1.82) is 0 Å². The zero-order chi connectivity index (χ0) is 15.8. The van der Waals surface area contributed by atoms with Gasteiger partial charge in [0.15, 0.2) is 5.79 Å². The Morgan fingerprint density at radius 3 is 2.45 bits per heavy atom. The SMILES string of the molecule is CC1C2(CCC3CC[C@@]4(Br)[C@@H](O)[C@]31O[C@@]4(C)CO)OCCO2. The molecule has 2 unspecified atom stereocenters. The third-order valence-corrected chi connectivity index (χ3v) is 8.56. The molecule has 2 aliphatic heterocycles. The summed E-state index contributed by atoms with van der Waals surface area (Å²) in [5.41, 5.74) is -1.52. The van der Waals surface area contributed by atoms with Crippen LogP contribution in [0, 0.1) is 11.8 Å². The highest BCUT2D eigenvalue weighted by Gasteiger charge is 2.77. The molecule has 6 atom stereocenters. The van der Waals surface area contributed by atoms with Crippen LogP contribution in [0.5, 0.6) is 0 Å². The lowest BCUT2D eigenvalue weighted by Crippen LogP contribution is -2.67. The van der Waals surface area contributed by atoms with Crippen molar-refractivity contribution in [2.45, 2.75) is 66.9 Å². The first kappa shape index (κ1) is 15.8. The molecule has 2 aliphatic carbocycles. The number of ether oxygens (including phenoxy) is 3. The Kier molecular flexibility index (Phi) is 3.35. The highest BCUT2D eigenvalue weighted by Crippen LogP contribution is 2.66. The molecule has 4 aliphatic rings. The Balaban J connectivity index is 1.81. The molecule has 0 radical (unpaired) electrons. The summed E-state index contributed by atoms with van der Waals surface area (Å²) >= 11 is 3.75. The molecule has 0 amide bonds. The molecule has 5 nitrogen and oxygen atoms in total. The molecule has 2 spiro atoms. The first-order valence-corrected chi connectivity index (χ1v) is 9.10. The highest BCUT2D eigenvalue weighted by atomic mass is 79.9. The lowest BCUT2D eigenvalue weighted by molar-refractivity contribution is -0.302. The van der Waals surface area contributed by atoms with Gasteiger partial charge in [0.2, 0.25) is 0 Å². The maximum Gasteiger partial charge on any atom is 0.173 e. The van der Waals surface area contributed by atoms with Gasteiger partial charge < -0.3 is 24.4 Å². The minimum absolute atomic E-state index is 0.0816. The standard InChI is InChI=1S/C16H25BrO5/c1-10-15(20-7-8-21-15)6-4-11-3-5-14(17)12(19)16(10,11)22-13(14,2)9-18/h10-12,18-19H,3-9H2,1-2H3/t10?,11?,12-,13+,14-,16-/m1/s1. The van der Waals surface area contributed by atoms with Crippen molar-refractivity contribution in [3.05, 3.63) is 0 Å². The number of hydrogen-bond donors (Lipinski definition) is 2. The Labute approximate surface area is 139 Å². The minimum Gasteiger partial charge on any atom is -0.393 e. The van der Waals surface area contributed by atoms with Gasteiger partial charge in [0, 0.05) is 12.3 Å². The third kappa shape index (κ3) is 1.57. The van der Waals surface area contributed by atoms with Gasteiger partial charge in [-0.05, 0) is 32.1 Å². The summed E-state index contributed by atoms with van der Waals surface area (Å²) in [6, 6.07) is 0. The van der Waals surface area contributed by atoms with E-state index in [1.54, 1.807) is 0 Å². The molecule has 6 heteroatoms. The van der Waals surface area contributed by atoms with Crippen LogP contribution in [0.2, 0.25) is 0 Å². The molecular weight excluding hydrogens is 352 g/mol. The minimum atomic E-state index is -0.799. The van der Waals surface area contributed by atoms with Gasteiger partial charge >= 0.3 is 0 Å². The van der Waals surface area contributed by atoms with E-state index >= 15 is 0 Å². The van der Waals surface area contributed by atoms with Crippen LogP contribution < -0.4 is 0 Å². The summed E-state index contributed by atoms with van der Waals surface area (Å²) < 4.78 is 17.9. The van der Waals surface area contributed by atoms with Gasteiger partial charge in [-0.25, -0.2) is 0 Å².